The molecule has 4 nitrogen and oxygen atoms in total. The maximum Gasteiger partial charge on any atom is 0.133 e. The predicted octanol–water partition coefficient (Wildman–Crippen LogP) is 0.921. The van der Waals surface area contributed by atoms with Crippen LogP contribution < -0.4 is 5.32 Å². The minimum atomic E-state index is 0.384. The quantitative estimate of drug-likeness (QED) is 0.804. The van der Waals surface area contributed by atoms with Crippen LogP contribution in [0, 0.1) is 5.92 Å². The maximum atomic E-state index is 11.7. The number of Topliss-reactive ketones (excluding diaryl/α,β-unsaturated/α-hetero) is 1. The van der Waals surface area contributed by atoms with Crippen LogP contribution in [0.4, 0.5) is 0 Å². The zero-order chi connectivity index (χ0) is 11.4. The van der Waals surface area contributed by atoms with E-state index < -0.39 is 0 Å². The van der Waals surface area contributed by atoms with Crippen molar-refractivity contribution in [1.29, 1.82) is 0 Å². The van der Waals surface area contributed by atoms with Gasteiger partial charge in [-0.2, -0.15) is 5.10 Å². The monoisotopic (exact) mass is 221 g/mol. The van der Waals surface area contributed by atoms with Crippen molar-refractivity contribution in [2.24, 2.45) is 13.0 Å². The van der Waals surface area contributed by atoms with Crippen molar-refractivity contribution in [1.82, 2.24) is 15.1 Å². The first-order valence-corrected chi connectivity index (χ1v) is 5.95. The van der Waals surface area contributed by atoms with E-state index in [2.05, 4.69) is 10.4 Å². The van der Waals surface area contributed by atoms with Gasteiger partial charge >= 0.3 is 0 Å². The van der Waals surface area contributed by atoms with Crippen LogP contribution >= 0.6 is 0 Å². The number of aromatic nitrogens is 2. The highest BCUT2D eigenvalue weighted by molar-refractivity contribution is 5.78. The molecule has 1 saturated heterocycles. The summed E-state index contributed by atoms with van der Waals surface area (Å²) in [5, 5.41) is 7.38. The number of nitrogens with zero attached hydrogens (tertiary/aromatic N) is 2. The van der Waals surface area contributed by atoms with E-state index in [4.69, 9.17) is 0 Å². The zero-order valence-electron chi connectivity index (χ0n) is 9.78. The van der Waals surface area contributed by atoms with Gasteiger partial charge in [0.2, 0.25) is 0 Å². The third-order valence-corrected chi connectivity index (χ3v) is 3.26. The van der Waals surface area contributed by atoms with Crippen molar-refractivity contribution in [3.8, 4) is 0 Å². The smallest absolute Gasteiger partial charge is 0.133 e. The van der Waals surface area contributed by atoms with E-state index in [0.717, 1.165) is 38.0 Å². The number of hydrogen-bond acceptors (Lipinski definition) is 3. The highest BCUT2D eigenvalue weighted by Gasteiger charge is 2.17. The third kappa shape index (κ3) is 2.92. The van der Waals surface area contributed by atoms with Crippen LogP contribution in [0.25, 0.3) is 0 Å². The molecule has 16 heavy (non-hydrogen) atoms. The molecule has 2 heterocycles. The summed E-state index contributed by atoms with van der Waals surface area (Å²) in [6.07, 6.45) is 5.13. The number of nitrogens with one attached hydrogen (secondary N) is 1. The van der Waals surface area contributed by atoms with Gasteiger partial charge in [0.05, 0.1) is 0 Å². The highest BCUT2D eigenvalue weighted by Crippen LogP contribution is 2.14. The Bertz CT molecular complexity index is 353. The summed E-state index contributed by atoms with van der Waals surface area (Å²) in [6, 6.07) is 1.98. The standard InChI is InChI=1S/C12H19N3O/c1-15-11(5-7-14-15)2-3-12(16)8-10-4-6-13-9-10/h5,7,10,13H,2-4,6,8-9H2,1H3. The lowest BCUT2D eigenvalue weighted by Gasteiger charge is -2.06. The first-order valence-electron chi connectivity index (χ1n) is 5.95. The summed E-state index contributed by atoms with van der Waals surface area (Å²) >= 11 is 0. The number of ketones is 1. The molecular weight excluding hydrogens is 202 g/mol. The van der Waals surface area contributed by atoms with Crippen molar-refractivity contribution in [2.45, 2.75) is 25.7 Å². The summed E-state index contributed by atoms with van der Waals surface area (Å²) in [6.45, 7) is 2.08. The molecule has 0 spiro atoms. The van der Waals surface area contributed by atoms with Crippen LogP contribution in [0.1, 0.15) is 25.0 Å². The molecule has 0 saturated carbocycles. The van der Waals surface area contributed by atoms with Gasteiger partial charge in [-0.3, -0.25) is 9.48 Å². The molecule has 1 aliphatic heterocycles. The highest BCUT2D eigenvalue weighted by atomic mass is 16.1. The lowest BCUT2D eigenvalue weighted by molar-refractivity contribution is -0.119. The molecule has 1 aromatic rings. The van der Waals surface area contributed by atoms with Crippen LogP contribution in [-0.4, -0.2) is 28.7 Å². The SMILES string of the molecule is Cn1nccc1CCC(=O)CC1CCNC1. The summed E-state index contributed by atoms with van der Waals surface area (Å²) in [4.78, 5) is 11.7. The van der Waals surface area contributed by atoms with E-state index in [1.807, 2.05) is 17.8 Å². The van der Waals surface area contributed by atoms with Crippen molar-refractivity contribution >= 4 is 5.78 Å². The first kappa shape index (κ1) is 11.3. The second-order valence-electron chi connectivity index (χ2n) is 4.55. The lowest BCUT2D eigenvalue weighted by atomic mass is 9.99. The van der Waals surface area contributed by atoms with Crippen molar-refractivity contribution in [2.75, 3.05) is 13.1 Å². The normalized spacial score (nSPS) is 20.2. The predicted molar refractivity (Wildman–Crippen MR) is 62.1 cm³/mol. The first-order chi connectivity index (χ1) is 7.75. The molecule has 0 bridgehead atoms. The molecule has 1 atom stereocenters. The van der Waals surface area contributed by atoms with Gasteiger partial charge < -0.3 is 5.32 Å². The molecule has 1 N–H and O–H groups in total. The largest absolute Gasteiger partial charge is 0.316 e. The van der Waals surface area contributed by atoms with Gasteiger partial charge in [-0.1, -0.05) is 0 Å². The Morgan fingerprint density at radius 3 is 3.19 bits per heavy atom. The molecule has 2 rings (SSSR count). The van der Waals surface area contributed by atoms with E-state index in [-0.39, 0.29) is 0 Å². The number of carbonyl (C=O) groups is 1. The number of carbonyl (C=O) groups excluding carboxylic acids is 1. The average Bonchev–Trinajstić information content (AvgIpc) is 2.87. The lowest BCUT2D eigenvalue weighted by Crippen LogP contribution is -2.13. The van der Waals surface area contributed by atoms with E-state index in [0.29, 0.717) is 18.1 Å². The summed E-state index contributed by atoms with van der Waals surface area (Å²) in [5.74, 6) is 0.953. The molecule has 0 aliphatic carbocycles. The minimum absolute atomic E-state index is 0.384. The zero-order valence-corrected chi connectivity index (χ0v) is 9.78. The van der Waals surface area contributed by atoms with Gasteiger partial charge in [-0.25, -0.2) is 0 Å². The van der Waals surface area contributed by atoms with Crippen LogP contribution in [0.15, 0.2) is 12.3 Å². The Morgan fingerprint density at radius 2 is 2.56 bits per heavy atom. The van der Waals surface area contributed by atoms with Crippen LogP contribution in [-0.2, 0) is 18.3 Å². The topological polar surface area (TPSA) is 46.9 Å². The van der Waals surface area contributed by atoms with Crippen LogP contribution in [0.5, 0.6) is 0 Å². The van der Waals surface area contributed by atoms with Crippen LogP contribution in [0.3, 0.4) is 0 Å². The number of aryl methyl sites for hydroxylation is 2. The van der Waals surface area contributed by atoms with Crippen molar-refractivity contribution in [3.63, 3.8) is 0 Å². The summed E-state index contributed by atoms with van der Waals surface area (Å²) < 4.78 is 1.84. The van der Waals surface area contributed by atoms with Gasteiger partial charge in [0.25, 0.3) is 0 Å². The van der Waals surface area contributed by atoms with E-state index >= 15 is 0 Å². The molecule has 1 aromatic heterocycles. The van der Waals surface area contributed by atoms with Crippen LogP contribution in [0.2, 0.25) is 0 Å². The van der Waals surface area contributed by atoms with Gasteiger partial charge in [-0.15, -0.1) is 0 Å². The van der Waals surface area contributed by atoms with Gasteiger partial charge in [0.1, 0.15) is 5.78 Å². The molecule has 4 heteroatoms. The molecule has 0 amide bonds. The summed E-state index contributed by atoms with van der Waals surface area (Å²) in [5.41, 5.74) is 1.14. The molecule has 1 unspecified atom stereocenters. The van der Waals surface area contributed by atoms with Gasteiger partial charge in [0, 0.05) is 31.8 Å². The third-order valence-electron chi connectivity index (χ3n) is 3.26. The Balaban J connectivity index is 1.73. The molecule has 1 fully saturated rings. The Kier molecular flexibility index (Phi) is 3.72. The Morgan fingerprint density at radius 1 is 1.69 bits per heavy atom. The summed E-state index contributed by atoms with van der Waals surface area (Å²) in [7, 11) is 1.92. The molecule has 1 aliphatic rings. The maximum absolute atomic E-state index is 11.7. The van der Waals surface area contributed by atoms with Crippen molar-refractivity contribution in [3.05, 3.63) is 18.0 Å². The molecule has 88 valence electrons. The van der Waals surface area contributed by atoms with E-state index in [1.165, 1.54) is 0 Å². The number of rotatable bonds is 5. The second-order valence-corrected chi connectivity index (χ2v) is 4.55. The Hall–Kier alpha value is -1.16. The number of hydrogen-bond donors (Lipinski definition) is 1. The average molecular weight is 221 g/mol. The minimum Gasteiger partial charge on any atom is -0.316 e. The Labute approximate surface area is 96.0 Å². The molecule has 0 radical (unpaired) electrons. The second kappa shape index (κ2) is 5.25. The molecular formula is C12H19N3O. The molecule has 0 aromatic carbocycles. The van der Waals surface area contributed by atoms with Crippen molar-refractivity contribution < 1.29 is 4.79 Å². The van der Waals surface area contributed by atoms with E-state index in [9.17, 15) is 4.79 Å². The fourth-order valence-corrected chi connectivity index (χ4v) is 2.23. The van der Waals surface area contributed by atoms with Gasteiger partial charge in [0.15, 0.2) is 0 Å². The fourth-order valence-electron chi connectivity index (χ4n) is 2.23. The fraction of sp³-hybridized carbons (Fsp3) is 0.667. The van der Waals surface area contributed by atoms with E-state index in [1.54, 1.807) is 6.20 Å². The van der Waals surface area contributed by atoms with Gasteiger partial charge in [-0.05, 0) is 37.9 Å².